The lowest BCUT2D eigenvalue weighted by Crippen LogP contribution is -2.41. The Labute approximate surface area is 127 Å². The van der Waals surface area contributed by atoms with Crippen molar-refractivity contribution in [2.45, 2.75) is 37.2 Å². The van der Waals surface area contributed by atoms with Crippen molar-refractivity contribution in [3.8, 4) is 0 Å². The van der Waals surface area contributed by atoms with Gasteiger partial charge in [-0.15, -0.1) is 0 Å². The fourth-order valence-corrected chi connectivity index (χ4v) is 4.21. The number of sulfonamides is 1. The molecule has 2 N–H and O–H groups in total. The van der Waals surface area contributed by atoms with E-state index in [0.717, 1.165) is 31.5 Å². The lowest BCUT2D eigenvalue weighted by Gasteiger charge is -2.27. The number of likely N-dealkylation sites (tertiary alicyclic amines) is 1. The first-order valence-corrected chi connectivity index (χ1v) is 8.92. The van der Waals surface area contributed by atoms with Crippen molar-refractivity contribution in [3.05, 3.63) is 29.8 Å². The average Bonchev–Trinajstić information content (AvgIpc) is 2.94. The molecule has 1 unspecified atom stereocenters. The molecule has 1 saturated heterocycles. The molecule has 1 heterocycles. The van der Waals surface area contributed by atoms with Crippen molar-refractivity contribution in [1.82, 2.24) is 9.21 Å². The molecule has 0 saturated carbocycles. The number of hydrogen-bond acceptors (Lipinski definition) is 4. The van der Waals surface area contributed by atoms with E-state index in [-0.39, 0.29) is 0 Å². The predicted molar refractivity (Wildman–Crippen MR) is 84.4 cm³/mol. The van der Waals surface area contributed by atoms with Crippen LogP contribution in [0.3, 0.4) is 0 Å². The van der Waals surface area contributed by atoms with E-state index >= 15 is 0 Å². The van der Waals surface area contributed by atoms with Gasteiger partial charge in [-0.2, -0.15) is 4.31 Å². The van der Waals surface area contributed by atoms with Gasteiger partial charge in [-0.1, -0.05) is 19.1 Å². The topological polar surface area (TPSA) is 66.6 Å². The third kappa shape index (κ3) is 3.63. The highest BCUT2D eigenvalue weighted by molar-refractivity contribution is 7.89. The largest absolute Gasteiger partial charge is 0.326 e. The smallest absolute Gasteiger partial charge is 0.242 e. The molecule has 2 rings (SSSR count). The van der Waals surface area contributed by atoms with Crippen LogP contribution in [0.4, 0.5) is 0 Å². The first kappa shape index (κ1) is 16.4. The summed E-state index contributed by atoms with van der Waals surface area (Å²) < 4.78 is 26.8. The summed E-state index contributed by atoms with van der Waals surface area (Å²) in [5.74, 6) is 0. The van der Waals surface area contributed by atoms with Crippen LogP contribution >= 0.6 is 0 Å². The predicted octanol–water partition coefficient (Wildman–Crippen LogP) is 1.25. The Morgan fingerprint density at radius 2 is 2.19 bits per heavy atom. The van der Waals surface area contributed by atoms with Gasteiger partial charge in [0.25, 0.3) is 0 Å². The Kier molecular flexibility index (Phi) is 5.37. The molecule has 1 aromatic carbocycles. The highest BCUT2D eigenvalue weighted by Gasteiger charge is 2.29. The summed E-state index contributed by atoms with van der Waals surface area (Å²) in [4.78, 5) is 2.68. The Balaban J connectivity index is 2.14. The van der Waals surface area contributed by atoms with Crippen LogP contribution in [-0.4, -0.2) is 50.3 Å². The van der Waals surface area contributed by atoms with Crippen LogP contribution in [-0.2, 0) is 16.6 Å². The Bertz CT molecular complexity index is 574. The molecule has 0 radical (unpaired) electrons. The van der Waals surface area contributed by atoms with Crippen LogP contribution in [0.1, 0.15) is 25.3 Å². The summed E-state index contributed by atoms with van der Waals surface area (Å²) in [6, 6.07) is 7.22. The van der Waals surface area contributed by atoms with E-state index in [4.69, 9.17) is 5.73 Å². The third-order valence-corrected chi connectivity index (χ3v) is 6.03. The average molecular weight is 311 g/mol. The van der Waals surface area contributed by atoms with E-state index in [2.05, 4.69) is 11.8 Å². The standard InChI is InChI=1S/C15H25N3O2S/c1-3-18-9-5-7-14(18)12-17(2)21(19,20)15-8-4-6-13(10-15)11-16/h4,6,8,10,14H,3,5,7,9,11-12,16H2,1-2H3. The fraction of sp³-hybridized carbons (Fsp3) is 0.600. The van der Waals surface area contributed by atoms with E-state index in [1.807, 2.05) is 6.07 Å². The first-order valence-electron chi connectivity index (χ1n) is 7.48. The maximum atomic E-state index is 12.6. The molecule has 0 amide bonds. The molecule has 1 aromatic rings. The van der Waals surface area contributed by atoms with Gasteiger partial charge in [0, 0.05) is 26.2 Å². The molecule has 1 aliphatic heterocycles. The summed E-state index contributed by atoms with van der Waals surface area (Å²) in [6.45, 7) is 5.05. The second-order valence-electron chi connectivity index (χ2n) is 5.56. The molecule has 1 aliphatic rings. The van der Waals surface area contributed by atoms with Gasteiger partial charge in [0.1, 0.15) is 0 Å². The molecule has 118 valence electrons. The van der Waals surface area contributed by atoms with Gasteiger partial charge in [-0.3, -0.25) is 4.90 Å². The normalized spacial score (nSPS) is 20.3. The van der Waals surface area contributed by atoms with Crippen molar-refractivity contribution >= 4 is 10.0 Å². The van der Waals surface area contributed by atoms with E-state index in [9.17, 15) is 8.42 Å². The first-order chi connectivity index (χ1) is 9.98. The molecule has 6 heteroatoms. The molecule has 0 bridgehead atoms. The van der Waals surface area contributed by atoms with Gasteiger partial charge in [-0.05, 0) is 43.6 Å². The molecular formula is C15H25N3O2S. The van der Waals surface area contributed by atoms with Crippen LogP contribution in [0.15, 0.2) is 29.2 Å². The molecule has 0 aliphatic carbocycles. The SMILES string of the molecule is CCN1CCCC1CN(C)S(=O)(=O)c1cccc(CN)c1. The molecule has 5 nitrogen and oxygen atoms in total. The van der Waals surface area contributed by atoms with Crippen LogP contribution in [0.25, 0.3) is 0 Å². The zero-order valence-electron chi connectivity index (χ0n) is 12.8. The molecular weight excluding hydrogens is 286 g/mol. The molecule has 0 spiro atoms. The monoisotopic (exact) mass is 311 g/mol. The number of nitrogens with two attached hydrogens (primary N) is 1. The molecule has 0 aromatic heterocycles. The third-order valence-electron chi connectivity index (χ3n) is 4.22. The van der Waals surface area contributed by atoms with Crippen LogP contribution < -0.4 is 5.73 Å². The van der Waals surface area contributed by atoms with Crippen LogP contribution in [0.5, 0.6) is 0 Å². The van der Waals surface area contributed by atoms with Gasteiger partial charge < -0.3 is 5.73 Å². The maximum Gasteiger partial charge on any atom is 0.242 e. The minimum Gasteiger partial charge on any atom is -0.326 e. The lowest BCUT2D eigenvalue weighted by molar-refractivity contribution is 0.237. The lowest BCUT2D eigenvalue weighted by atomic mass is 10.2. The van der Waals surface area contributed by atoms with Gasteiger partial charge in [0.05, 0.1) is 4.90 Å². The van der Waals surface area contributed by atoms with Crippen molar-refractivity contribution in [1.29, 1.82) is 0 Å². The zero-order valence-corrected chi connectivity index (χ0v) is 13.6. The molecule has 1 atom stereocenters. The van der Waals surface area contributed by atoms with E-state index in [1.54, 1.807) is 25.2 Å². The minimum absolute atomic E-state index is 0.326. The number of hydrogen-bond donors (Lipinski definition) is 1. The van der Waals surface area contributed by atoms with Gasteiger partial charge >= 0.3 is 0 Å². The molecule has 21 heavy (non-hydrogen) atoms. The minimum atomic E-state index is -3.44. The van der Waals surface area contributed by atoms with Crippen molar-refractivity contribution in [3.63, 3.8) is 0 Å². The van der Waals surface area contributed by atoms with E-state index in [1.165, 1.54) is 4.31 Å². The van der Waals surface area contributed by atoms with Crippen molar-refractivity contribution in [2.75, 3.05) is 26.7 Å². The van der Waals surface area contributed by atoms with Crippen LogP contribution in [0.2, 0.25) is 0 Å². The Morgan fingerprint density at radius 3 is 2.86 bits per heavy atom. The van der Waals surface area contributed by atoms with Gasteiger partial charge in [0.15, 0.2) is 0 Å². The maximum absolute atomic E-state index is 12.6. The summed E-state index contributed by atoms with van der Waals surface area (Å²) in [5.41, 5.74) is 6.43. The van der Waals surface area contributed by atoms with Crippen LogP contribution in [0, 0.1) is 0 Å². The van der Waals surface area contributed by atoms with Crippen molar-refractivity contribution < 1.29 is 8.42 Å². The second-order valence-corrected chi connectivity index (χ2v) is 7.61. The Morgan fingerprint density at radius 1 is 1.43 bits per heavy atom. The number of likely N-dealkylation sites (N-methyl/N-ethyl adjacent to an activating group) is 2. The fourth-order valence-electron chi connectivity index (χ4n) is 2.93. The van der Waals surface area contributed by atoms with Gasteiger partial charge in [0.2, 0.25) is 10.0 Å². The number of rotatable bonds is 6. The highest BCUT2D eigenvalue weighted by Crippen LogP contribution is 2.21. The van der Waals surface area contributed by atoms with Crippen molar-refractivity contribution in [2.24, 2.45) is 5.73 Å². The molecule has 1 fully saturated rings. The second kappa shape index (κ2) is 6.87. The number of benzene rings is 1. The Hall–Kier alpha value is -0.950. The summed E-state index contributed by atoms with van der Waals surface area (Å²) in [5, 5.41) is 0. The quantitative estimate of drug-likeness (QED) is 0.858. The zero-order chi connectivity index (χ0) is 15.5. The highest BCUT2D eigenvalue weighted by atomic mass is 32.2. The summed E-state index contributed by atoms with van der Waals surface area (Å²) >= 11 is 0. The van der Waals surface area contributed by atoms with Gasteiger partial charge in [-0.25, -0.2) is 8.42 Å². The summed E-state index contributed by atoms with van der Waals surface area (Å²) in [6.07, 6.45) is 2.21. The number of nitrogens with zero attached hydrogens (tertiary/aromatic N) is 2. The summed E-state index contributed by atoms with van der Waals surface area (Å²) in [7, 11) is -1.78. The van der Waals surface area contributed by atoms with E-state index < -0.39 is 10.0 Å². The van der Waals surface area contributed by atoms with E-state index in [0.29, 0.717) is 24.0 Å².